The fourth-order valence-electron chi connectivity index (χ4n) is 6.94. The van der Waals surface area contributed by atoms with Crippen molar-refractivity contribution in [3.05, 3.63) is 82.7 Å². The first-order chi connectivity index (χ1) is 17.9. The predicted octanol–water partition coefficient (Wildman–Crippen LogP) is 5.85. The van der Waals surface area contributed by atoms with E-state index < -0.39 is 0 Å². The van der Waals surface area contributed by atoms with Crippen LogP contribution >= 0.6 is 0 Å². The minimum atomic E-state index is -0.252. The number of fused-ring (bicyclic) bond motifs is 4. The van der Waals surface area contributed by atoms with Crippen LogP contribution in [0.5, 0.6) is 5.75 Å². The van der Waals surface area contributed by atoms with E-state index in [1.165, 1.54) is 27.8 Å². The summed E-state index contributed by atoms with van der Waals surface area (Å²) < 4.78 is 5.79. The van der Waals surface area contributed by atoms with Gasteiger partial charge in [0.05, 0.1) is 24.7 Å². The molecule has 0 saturated carbocycles. The Balaban J connectivity index is 1.31. The van der Waals surface area contributed by atoms with Crippen molar-refractivity contribution in [2.75, 3.05) is 26.7 Å². The lowest BCUT2D eigenvalue weighted by atomic mass is 9.82. The number of methoxy groups -OCH3 is 1. The number of amides is 2. The van der Waals surface area contributed by atoms with E-state index in [1.54, 1.807) is 7.11 Å². The number of nitrogens with zero attached hydrogens (tertiary/aromatic N) is 4. The number of hydrogen-bond donors (Lipinski definition) is 0. The molecule has 1 atom stereocenters. The normalized spacial score (nSPS) is 21.1. The van der Waals surface area contributed by atoms with Crippen LogP contribution in [-0.4, -0.2) is 58.0 Å². The van der Waals surface area contributed by atoms with Crippen LogP contribution < -0.4 is 4.74 Å². The summed E-state index contributed by atoms with van der Waals surface area (Å²) in [5.74, 6) is 1.10. The van der Waals surface area contributed by atoms with Gasteiger partial charge in [-0.25, -0.2) is 4.79 Å². The fraction of sp³-hybridized carbons (Fsp3) is 0.419. The Morgan fingerprint density at radius 1 is 1.14 bits per heavy atom. The number of likely N-dealkylation sites (tertiary alicyclic amines) is 1. The van der Waals surface area contributed by atoms with Gasteiger partial charge in [-0.1, -0.05) is 43.3 Å². The molecule has 2 saturated heterocycles. The molecule has 3 aliphatic rings. The topological polar surface area (TPSA) is 48.9 Å². The number of ether oxygens (including phenoxy) is 1. The van der Waals surface area contributed by atoms with E-state index in [0.29, 0.717) is 6.54 Å². The molecule has 6 heteroatoms. The summed E-state index contributed by atoms with van der Waals surface area (Å²) >= 11 is 0. The van der Waals surface area contributed by atoms with Gasteiger partial charge in [-0.15, -0.1) is 0 Å². The highest BCUT2D eigenvalue weighted by Crippen LogP contribution is 2.48. The Labute approximate surface area is 219 Å². The Morgan fingerprint density at radius 3 is 2.68 bits per heavy atom. The van der Waals surface area contributed by atoms with Crippen LogP contribution in [0.2, 0.25) is 0 Å². The monoisotopic (exact) mass is 496 g/mol. The van der Waals surface area contributed by atoms with Crippen molar-refractivity contribution in [3.63, 3.8) is 0 Å². The molecule has 1 spiro atoms. The van der Waals surface area contributed by atoms with Crippen LogP contribution in [0.3, 0.4) is 0 Å². The number of hydrogen-bond acceptors (Lipinski definition) is 4. The van der Waals surface area contributed by atoms with Crippen LogP contribution in [-0.2, 0) is 13.1 Å². The number of para-hydroxylation sites is 1. The van der Waals surface area contributed by atoms with Gasteiger partial charge in [0, 0.05) is 54.9 Å². The highest BCUT2D eigenvalue weighted by atomic mass is 16.5. The van der Waals surface area contributed by atoms with Gasteiger partial charge >= 0.3 is 6.03 Å². The zero-order valence-corrected chi connectivity index (χ0v) is 22.3. The number of allylic oxidation sites excluding steroid dienone is 1. The van der Waals surface area contributed by atoms with Crippen molar-refractivity contribution in [3.8, 4) is 5.75 Å². The quantitative estimate of drug-likeness (QED) is 0.455. The smallest absolute Gasteiger partial charge is 0.325 e. The number of carbonyl (C=O) groups excluding carboxylic acids is 1. The second-order valence-corrected chi connectivity index (χ2v) is 10.8. The number of piperidine rings is 1. The molecule has 1 unspecified atom stereocenters. The summed E-state index contributed by atoms with van der Waals surface area (Å²) in [7, 11) is 1.74. The molecule has 0 aliphatic carbocycles. The molecule has 6 rings (SSSR count). The summed E-state index contributed by atoms with van der Waals surface area (Å²) in [6.45, 7) is 10.5. The van der Waals surface area contributed by atoms with E-state index in [4.69, 9.17) is 4.74 Å². The van der Waals surface area contributed by atoms with Crippen LogP contribution in [0.4, 0.5) is 4.79 Å². The zero-order valence-electron chi connectivity index (χ0n) is 22.3. The lowest BCUT2D eigenvalue weighted by Gasteiger charge is -2.44. The Morgan fingerprint density at radius 2 is 1.92 bits per heavy atom. The van der Waals surface area contributed by atoms with E-state index in [1.807, 2.05) is 12.3 Å². The third-order valence-electron chi connectivity index (χ3n) is 8.64. The molecule has 2 fully saturated rings. The lowest BCUT2D eigenvalue weighted by Crippen LogP contribution is -2.53. The molecule has 0 N–H and O–H groups in total. The van der Waals surface area contributed by atoms with Gasteiger partial charge < -0.3 is 9.64 Å². The molecule has 192 valence electrons. The molecule has 0 bridgehead atoms. The molecular formula is C31H36N4O2. The van der Waals surface area contributed by atoms with Crippen LogP contribution in [0.25, 0.3) is 10.9 Å². The average molecular weight is 497 g/mol. The minimum absolute atomic E-state index is 0.140. The van der Waals surface area contributed by atoms with Crippen molar-refractivity contribution in [2.24, 2.45) is 0 Å². The summed E-state index contributed by atoms with van der Waals surface area (Å²) in [5, 5.41) is 1.19. The number of rotatable bonds is 4. The lowest BCUT2D eigenvalue weighted by molar-refractivity contribution is 0.0890. The second-order valence-electron chi connectivity index (χ2n) is 10.8. The Bertz CT molecular complexity index is 1380. The van der Waals surface area contributed by atoms with Crippen molar-refractivity contribution in [1.29, 1.82) is 0 Å². The first-order valence-corrected chi connectivity index (χ1v) is 13.5. The highest BCUT2D eigenvalue weighted by Gasteiger charge is 2.54. The largest absolute Gasteiger partial charge is 0.496 e. The van der Waals surface area contributed by atoms with Gasteiger partial charge in [0.1, 0.15) is 5.75 Å². The van der Waals surface area contributed by atoms with Crippen molar-refractivity contribution < 1.29 is 9.53 Å². The standard InChI is InChI=1S/C31H36N4O2/c1-5-35-30(36)34-20-25-16-21(2)17-26(37-4)28(25)22(3)18-27(34)31(35)11-14-33(15-12-31)19-24-9-6-8-23-10-7-13-32-29(23)24/h6-10,13,16-18,22H,5,11-12,14-15,19-20H2,1-4H3. The zero-order chi connectivity index (χ0) is 25.7. The molecule has 1 aromatic heterocycles. The van der Waals surface area contributed by atoms with E-state index in [-0.39, 0.29) is 17.5 Å². The van der Waals surface area contributed by atoms with Gasteiger partial charge in [-0.3, -0.25) is 14.8 Å². The molecule has 6 nitrogen and oxygen atoms in total. The molecule has 3 aliphatic heterocycles. The van der Waals surface area contributed by atoms with Crippen LogP contribution in [0, 0.1) is 6.92 Å². The van der Waals surface area contributed by atoms with Gasteiger partial charge in [0.2, 0.25) is 0 Å². The maximum absolute atomic E-state index is 13.8. The summed E-state index contributed by atoms with van der Waals surface area (Å²) in [6.07, 6.45) is 6.10. The number of likely N-dealkylation sites (N-methyl/N-ethyl adjacent to an activating group) is 1. The second kappa shape index (κ2) is 9.18. The number of pyridine rings is 1. The van der Waals surface area contributed by atoms with E-state index in [9.17, 15) is 4.79 Å². The van der Waals surface area contributed by atoms with Crippen LogP contribution in [0.15, 0.2) is 60.4 Å². The average Bonchev–Trinajstić information content (AvgIpc) is 3.00. The number of benzene rings is 2. The molecular weight excluding hydrogens is 460 g/mol. The predicted molar refractivity (Wildman–Crippen MR) is 147 cm³/mol. The fourth-order valence-corrected chi connectivity index (χ4v) is 6.94. The van der Waals surface area contributed by atoms with Gasteiger partial charge in [0.25, 0.3) is 0 Å². The number of aryl methyl sites for hydroxylation is 1. The van der Waals surface area contributed by atoms with Crippen molar-refractivity contribution >= 4 is 16.9 Å². The highest BCUT2D eigenvalue weighted by molar-refractivity contribution is 5.83. The SMILES string of the molecule is CCN1C(=O)N2Cc3cc(C)cc(OC)c3C(C)C=C2C12CCN(Cc1cccc3cccnc13)CC2. The number of aromatic nitrogens is 1. The summed E-state index contributed by atoms with van der Waals surface area (Å²) in [6, 6.07) is 15.0. The van der Waals surface area contributed by atoms with Gasteiger partial charge in [-0.05, 0) is 55.5 Å². The summed E-state index contributed by atoms with van der Waals surface area (Å²) in [5.41, 5.74) is 6.86. The number of urea groups is 1. The molecule has 0 radical (unpaired) electrons. The minimum Gasteiger partial charge on any atom is -0.496 e. The molecule has 37 heavy (non-hydrogen) atoms. The van der Waals surface area contributed by atoms with E-state index in [2.05, 4.69) is 82.9 Å². The van der Waals surface area contributed by atoms with E-state index >= 15 is 0 Å². The third-order valence-corrected chi connectivity index (χ3v) is 8.64. The van der Waals surface area contributed by atoms with Gasteiger partial charge in [-0.2, -0.15) is 0 Å². The van der Waals surface area contributed by atoms with Crippen molar-refractivity contribution in [2.45, 2.75) is 58.2 Å². The maximum atomic E-state index is 13.8. The third kappa shape index (κ3) is 3.81. The van der Waals surface area contributed by atoms with Crippen LogP contribution in [0.1, 0.15) is 54.9 Å². The molecule has 2 aromatic carbocycles. The molecule has 2 amide bonds. The Hall–Kier alpha value is -3.38. The first kappa shape index (κ1) is 24.0. The van der Waals surface area contributed by atoms with Crippen molar-refractivity contribution in [1.82, 2.24) is 19.7 Å². The van der Waals surface area contributed by atoms with E-state index in [0.717, 1.165) is 55.9 Å². The summed E-state index contributed by atoms with van der Waals surface area (Å²) in [4.78, 5) is 25.2. The van der Waals surface area contributed by atoms with Gasteiger partial charge in [0.15, 0.2) is 0 Å². The Kier molecular flexibility index (Phi) is 5.95. The molecule has 4 heterocycles. The maximum Gasteiger partial charge on any atom is 0.325 e. The molecule has 3 aromatic rings. The first-order valence-electron chi connectivity index (χ1n) is 13.5. The number of carbonyl (C=O) groups is 1.